The fourth-order valence-electron chi connectivity index (χ4n) is 0.274. The normalized spacial score (nSPS) is 9.54. The van der Waals surface area contributed by atoms with Gasteiger partial charge in [-0.2, -0.15) is 8.42 Å². The summed E-state index contributed by atoms with van der Waals surface area (Å²) in [6.45, 7) is 1.01. The van der Waals surface area contributed by atoms with Crippen LogP contribution in [-0.2, 0) is 10.1 Å². The molecule has 2 amide bonds. The van der Waals surface area contributed by atoms with E-state index in [-0.39, 0.29) is 6.03 Å². The van der Waals surface area contributed by atoms with E-state index in [1.54, 1.807) is 7.05 Å². The molecule has 0 aromatic rings. The Hall–Kier alpha value is -0.860. The fourth-order valence-corrected chi connectivity index (χ4v) is 0.274. The average molecular weight is 213 g/mol. The van der Waals surface area contributed by atoms with Crippen LogP contribution in [0.4, 0.5) is 4.79 Å². The predicted octanol–water partition coefficient (Wildman–Crippen LogP) is -1.62. The van der Waals surface area contributed by atoms with E-state index in [0.717, 1.165) is 0 Å². The molecule has 8 heteroatoms. The Balaban J connectivity index is 0. The summed E-state index contributed by atoms with van der Waals surface area (Å²) < 4.78 is 25.9. The van der Waals surface area contributed by atoms with E-state index < -0.39 is 10.1 Å². The SMILES string of the molecule is CNC(=O)NCCN.CS(=O)(=O)O. The van der Waals surface area contributed by atoms with Crippen LogP contribution in [0.25, 0.3) is 0 Å². The number of rotatable bonds is 2. The van der Waals surface area contributed by atoms with E-state index in [2.05, 4.69) is 10.6 Å². The van der Waals surface area contributed by atoms with Crippen LogP contribution in [0.3, 0.4) is 0 Å². The number of nitrogens with one attached hydrogen (secondary N) is 2. The van der Waals surface area contributed by atoms with Crippen molar-refractivity contribution in [3.05, 3.63) is 0 Å². The van der Waals surface area contributed by atoms with Crippen LogP contribution < -0.4 is 16.4 Å². The van der Waals surface area contributed by atoms with Crippen molar-refractivity contribution in [1.82, 2.24) is 10.6 Å². The molecule has 5 N–H and O–H groups in total. The molecule has 0 saturated carbocycles. The van der Waals surface area contributed by atoms with E-state index >= 15 is 0 Å². The minimum Gasteiger partial charge on any atom is -0.341 e. The Morgan fingerprint density at radius 3 is 2.15 bits per heavy atom. The highest BCUT2D eigenvalue weighted by molar-refractivity contribution is 7.85. The van der Waals surface area contributed by atoms with Gasteiger partial charge in [0.15, 0.2) is 0 Å². The first-order valence-corrected chi connectivity index (χ1v) is 5.24. The summed E-state index contributed by atoms with van der Waals surface area (Å²) in [7, 11) is -2.11. The Kier molecular flexibility index (Phi) is 8.76. The van der Waals surface area contributed by atoms with Crippen molar-refractivity contribution in [2.45, 2.75) is 0 Å². The van der Waals surface area contributed by atoms with Crippen molar-refractivity contribution in [3.63, 3.8) is 0 Å². The maximum atomic E-state index is 10.3. The topological polar surface area (TPSA) is 122 Å². The molecular formula is C5H15N3O4S. The molecular weight excluding hydrogens is 198 g/mol. The molecule has 0 aromatic heterocycles. The third-order valence-corrected chi connectivity index (χ3v) is 0.657. The second kappa shape index (κ2) is 7.77. The zero-order valence-corrected chi connectivity index (χ0v) is 8.39. The third-order valence-electron chi connectivity index (χ3n) is 0.657. The first-order chi connectivity index (χ1) is 5.81. The van der Waals surface area contributed by atoms with Crippen LogP contribution in [-0.4, -0.2) is 45.4 Å². The van der Waals surface area contributed by atoms with Crippen molar-refractivity contribution in [1.29, 1.82) is 0 Å². The molecule has 80 valence electrons. The highest BCUT2D eigenvalue weighted by atomic mass is 32.2. The van der Waals surface area contributed by atoms with Gasteiger partial charge in [-0.05, 0) is 0 Å². The van der Waals surface area contributed by atoms with Crippen LogP contribution in [0.1, 0.15) is 0 Å². The van der Waals surface area contributed by atoms with Crippen LogP contribution in [0, 0.1) is 0 Å². The number of hydrogen-bond donors (Lipinski definition) is 4. The van der Waals surface area contributed by atoms with Gasteiger partial charge in [0.25, 0.3) is 10.1 Å². The summed E-state index contributed by atoms with van der Waals surface area (Å²) in [6, 6.07) is -0.185. The first kappa shape index (κ1) is 14.7. The van der Waals surface area contributed by atoms with E-state index in [9.17, 15) is 13.2 Å². The summed E-state index contributed by atoms with van der Waals surface area (Å²) in [4.78, 5) is 10.3. The second-order valence-electron chi connectivity index (χ2n) is 2.03. The van der Waals surface area contributed by atoms with Gasteiger partial charge in [0.05, 0.1) is 6.26 Å². The molecule has 0 bridgehead atoms. The van der Waals surface area contributed by atoms with Gasteiger partial charge < -0.3 is 16.4 Å². The lowest BCUT2D eigenvalue weighted by Gasteiger charge is -1.98. The van der Waals surface area contributed by atoms with Crippen molar-refractivity contribution < 1.29 is 17.8 Å². The summed E-state index contributed by atoms with van der Waals surface area (Å²) in [5.41, 5.74) is 5.09. The average Bonchev–Trinajstić information content (AvgIpc) is 1.97. The van der Waals surface area contributed by atoms with Crippen LogP contribution in [0.15, 0.2) is 0 Å². The van der Waals surface area contributed by atoms with Crippen molar-refractivity contribution in [2.24, 2.45) is 5.73 Å². The Bertz CT molecular complexity index is 218. The molecule has 0 fully saturated rings. The van der Waals surface area contributed by atoms with Crippen LogP contribution in [0.2, 0.25) is 0 Å². The summed E-state index contributed by atoms with van der Waals surface area (Å²) in [6.07, 6.45) is 0.715. The highest BCUT2D eigenvalue weighted by Gasteiger charge is 1.89. The largest absolute Gasteiger partial charge is 0.341 e. The lowest BCUT2D eigenvalue weighted by Crippen LogP contribution is -2.35. The van der Waals surface area contributed by atoms with Crippen molar-refractivity contribution in [2.75, 3.05) is 26.4 Å². The minimum atomic E-state index is -3.67. The Morgan fingerprint density at radius 2 is 1.92 bits per heavy atom. The van der Waals surface area contributed by atoms with Gasteiger partial charge in [-0.25, -0.2) is 4.79 Å². The third kappa shape index (κ3) is 35.2. The van der Waals surface area contributed by atoms with Crippen molar-refractivity contribution >= 4 is 16.1 Å². The number of urea groups is 1. The number of nitrogens with two attached hydrogens (primary N) is 1. The summed E-state index contributed by atoms with van der Waals surface area (Å²) >= 11 is 0. The summed E-state index contributed by atoms with van der Waals surface area (Å²) in [5, 5.41) is 4.90. The zero-order chi connectivity index (χ0) is 10.9. The quantitative estimate of drug-likeness (QED) is 0.411. The zero-order valence-electron chi connectivity index (χ0n) is 7.57. The molecule has 0 radical (unpaired) electrons. The molecule has 0 aliphatic heterocycles. The monoisotopic (exact) mass is 213 g/mol. The molecule has 0 unspecified atom stereocenters. The predicted molar refractivity (Wildman–Crippen MR) is 49.0 cm³/mol. The lowest BCUT2D eigenvalue weighted by atomic mass is 10.6. The number of amides is 2. The van der Waals surface area contributed by atoms with Gasteiger partial charge in [0, 0.05) is 20.1 Å². The number of hydrogen-bond acceptors (Lipinski definition) is 4. The minimum absolute atomic E-state index is 0.185. The molecule has 0 heterocycles. The van der Waals surface area contributed by atoms with E-state index in [1.807, 2.05) is 0 Å². The van der Waals surface area contributed by atoms with Gasteiger partial charge in [-0.15, -0.1) is 0 Å². The van der Waals surface area contributed by atoms with E-state index in [1.165, 1.54) is 0 Å². The van der Waals surface area contributed by atoms with Gasteiger partial charge in [-0.3, -0.25) is 4.55 Å². The molecule has 0 aliphatic rings. The van der Waals surface area contributed by atoms with E-state index in [0.29, 0.717) is 19.3 Å². The van der Waals surface area contributed by atoms with Gasteiger partial charge in [0.1, 0.15) is 0 Å². The molecule has 0 spiro atoms. The number of carbonyl (C=O) groups excluding carboxylic acids is 1. The Labute approximate surface area is 77.4 Å². The van der Waals surface area contributed by atoms with Gasteiger partial charge in [-0.1, -0.05) is 0 Å². The molecule has 0 aliphatic carbocycles. The highest BCUT2D eigenvalue weighted by Crippen LogP contribution is 1.60. The first-order valence-electron chi connectivity index (χ1n) is 3.39. The fraction of sp³-hybridized carbons (Fsp3) is 0.800. The molecule has 7 nitrogen and oxygen atoms in total. The molecule has 0 atom stereocenters. The smallest absolute Gasteiger partial charge is 0.314 e. The Morgan fingerprint density at radius 1 is 1.54 bits per heavy atom. The second-order valence-corrected chi connectivity index (χ2v) is 3.49. The van der Waals surface area contributed by atoms with Crippen LogP contribution >= 0.6 is 0 Å². The maximum Gasteiger partial charge on any atom is 0.314 e. The maximum absolute atomic E-state index is 10.3. The van der Waals surface area contributed by atoms with E-state index in [4.69, 9.17) is 10.3 Å². The summed E-state index contributed by atoms with van der Waals surface area (Å²) in [5.74, 6) is 0. The standard InChI is InChI=1S/C4H11N3O.CH4O3S/c1-6-4(8)7-3-2-5;1-5(2,3)4/h2-3,5H2,1H3,(H2,6,7,8);1H3,(H,2,3,4). The molecule has 0 aromatic carbocycles. The van der Waals surface area contributed by atoms with Gasteiger partial charge in [0.2, 0.25) is 0 Å². The lowest BCUT2D eigenvalue weighted by molar-refractivity contribution is 0.243. The number of carbonyl (C=O) groups is 1. The molecule has 13 heavy (non-hydrogen) atoms. The van der Waals surface area contributed by atoms with Crippen LogP contribution in [0.5, 0.6) is 0 Å². The van der Waals surface area contributed by atoms with Crippen molar-refractivity contribution in [3.8, 4) is 0 Å². The molecule has 0 rings (SSSR count). The van der Waals surface area contributed by atoms with Gasteiger partial charge >= 0.3 is 6.03 Å². The molecule has 0 saturated heterocycles.